The zero-order valence-electron chi connectivity index (χ0n) is 8.81. The van der Waals surface area contributed by atoms with E-state index in [4.69, 9.17) is 4.74 Å². The van der Waals surface area contributed by atoms with Crippen LogP contribution >= 0.6 is 0 Å². The molecule has 2 rings (SSSR count). The average molecular weight is 183 g/mol. The summed E-state index contributed by atoms with van der Waals surface area (Å²) in [6.07, 6.45) is 5.73. The van der Waals surface area contributed by atoms with Crippen molar-refractivity contribution >= 4 is 0 Å². The van der Waals surface area contributed by atoms with Crippen molar-refractivity contribution in [3.63, 3.8) is 0 Å². The van der Waals surface area contributed by atoms with Gasteiger partial charge in [0.25, 0.3) is 0 Å². The molecule has 0 saturated carbocycles. The normalized spacial score (nSPS) is 39.2. The Kier molecular flexibility index (Phi) is 2.61. The fraction of sp³-hybridized carbons (Fsp3) is 1.00. The molecule has 0 aromatic carbocycles. The number of nitrogens with one attached hydrogen (secondary N) is 1. The maximum Gasteiger partial charge on any atom is 0.0616 e. The van der Waals surface area contributed by atoms with E-state index in [0.29, 0.717) is 11.6 Å². The molecule has 0 radical (unpaired) electrons. The summed E-state index contributed by atoms with van der Waals surface area (Å²) in [6, 6.07) is 0. The minimum Gasteiger partial charge on any atom is -0.378 e. The van der Waals surface area contributed by atoms with E-state index in [1.165, 1.54) is 25.7 Å². The molecule has 2 aliphatic rings. The number of rotatable bonds is 1. The summed E-state index contributed by atoms with van der Waals surface area (Å²) in [5.41, 5.74) is 0.339. The summed E-state index contributed by atoms with van der Waals surface area (Å²) < 4.78 is 5.82. The van der Waals surface area contributed by atoms with Gasteiger partial charge < -0.3 is 10.1 Å². The largest absolute Gasteiger partial charge is 0.378 e. The lowest BCUT2D eigenvalue weighted by atomic mass is 9.89. The zero-order valence-corrected chi connectivity index (χ0v) is 8.81. The fourth-order valence-corrected chi connectivity index (χ4v) is 2.61. The van der Waals surface area contributed by atoms with Gasteiger partial charge in [0.05, 0.1) is 6.10 Å². The van der Waals surface area contributed by atoms with E-state index < -0.39 is 0 Å². The fourth-order valence-electron chi connectivity index (χ4n) is 2.61. The number of hydrogen-bond acceptors (Lipinski definition) is 2. The van der Waals surface area contributed by atoms with Crippen LogP contribution in [0.15, 0.2) is 0 Å². The molecule has 2 nitrogen and oxygen atoms in total. The first-order valence-corrected chi connectivity index (χ1v) is 5.54. The topological polar surface area (TPSA) is 21.3 Å². The van der Waals surface area contributed by atoms with Gasteiger partial charge in [-0.05, 0) is 45.4 Å². The highest BCUT2D eigenvalue weighted by molar-refractivity contribution is 4.92. The molecule has 1 N–H and O–H groups in total. The Labute approximate surface area is 81.0 Å². The summed E-state index contributed by atoms with van der Waals surface area (Å²) >= 11 is 0. The molecule has 13 heavy (non-hydrogen) atoms. The second-order valence-electron chi connectivity index (χ2n) is 5.13. The standard InChI is InChI=1S/C11H21NO/c1-11(2)7-9(8-12-11)10-5-3-4-6-13-10/h9-10,12H,3-8H2,1-2H3. The zero-order chi connectivity index (χ0) is 9.31. The minimum absolute atomic E-state index is 0.339. The Bertz CT molecular complexity index is 173. The lowest BCUT2D eigenvalue weighted by Crippen LogP contribution is -2.31. The molecule has 0 spiro atoms. The van der Waals surface area contributed by atoms with Gasteiger partial charge in [0, 0.05) is 18.7 Å². The van der Waals surface area contributed by atoms with E-state index in [-0.39, 0.29) is 0 Å². The van der Waals surface area contributed by atoms with Crippen LogP contribution < -0.4 is 5.32 Å². The molecule has 0 bridgehead atoms. The molecule has 2 aliphatic heterocycles. The van der Waals surface area contributed by atoms with Crippen molar-refractivity contribution in [3.8, 4) is 0 Å². The molecule has 0 aromatic heterocycles. The van der Waals surface area contributed by atoms with Crippen LogP contribution in [0.3, 0.4) is 0 Å². The van der Waals surface area contributed by atoms with Crippen molar-refractivity contribution in [3.05, 3.63) is 0 Å². The van der Waals surface area contributed by atoms with Gasteiger partial charge in [-0.15, -0.1) is 0 Å². The van der Waals surface area contributed by atoms with Crippen LogP contribution in [-0.2, 0) is 4.74 Å². The number of hydrogen-bond donors (Lipinski definition) is 1. The molecule has 2 heteroatoms. The maximum absolute atomic E-state index is 5.82. The molecule has 2 saturated heterocycles. The van der Waals surface area contributed by atoms with Crippen LogP contribution in [0.4, 0.5) is 0 Å². The molecular weight excluding hydrogens is 162 g/mol. The van der Waals surface area contributed by atoms with Gasteiger partial charge in [0.2, 0.25) is 0 Å². The predicted octanol–water partition coefficient (Wildman–Crippen LogP) is 1.94. The van der Waals surface area contributed by atoms with Gasteiger partial charge >= 0.3 is 0 Å². The molecular formula is C11H21NO. The Hall–Kier alpha value is -0.0800. The molecule has 2 unspecified atom stereocenters. The third kappa shape index (κ3) is 2.23. The SMILES string of the molecule is CC1(C)CC(C2CCCCO2)CN1. The Morgan fingerprint density at radius 1 is 1.31 bits per heavy atom. The molecule has 2 fully saturated rings. The summed E-state index contributed by atoms with van der Waals surface area (Å²) in [4.78, 5) is 0. The van der Waals surface area contributed by atoms with E-state index >= 15 is 0 Å². The van der Waals surface area contributed by atoms with Crippen molar-refractivity contribution in [1.82, 2.24) is 5.32 Å². The second kappa shape index (κ2) is 3.58. The van der Waals surface area contributed by atoms with Gasteiger partial charge in [0.1, 0.15) is 0 Å². The van der Waals surface area contributed by atoms with Crippen LogP contribution in [0.1, 0.15) is 39.5 Å². The minimum atomic E-state index is 0.339. The Morgan fingerprint density at radius 2 is 2.15 bits per heavy atom. The predicted molar refractivity (Wildman–Crippen MR) is 53.8 cm³/mol. The van der Waals surface area contributed by atoms with E-state index in [0.717, 1.165) is 19.1 Å². The first-order valence-electron chi connectivity index (χ1n) is 5.54. The number of ether oxygens (including phenoxy) is 1. The molecule has 0 aliphatic carbocycles. The molecule has 0 amide bonds. The molecule has 0 aromatic rings. The highest BCUT2D eigenvalue weighted by atomic mass is 16.5. The van der Waals surface area contributed by atoms with Crippen LogP contribution in [0.2, 0.25) is 0 Å². The van der Waals surface area contributed by atoms with Gasteiger partial charge in [-0.2, -0.15) is 0 Å². The van der Waals surface area contributed by atoms with Gasteiger partial charge in [-0.25, -0.2) is 0 Å². The van der Waals surface area contributed by atoms with E-state index in [9.17, 15) is 0 Å². The summed E-state index contributed by atoms with van der Waals surface area (Å²) in [6.45, 7) is 6.71. The van der Waals surface area contributed by atoms with Gasteiger partial charge in [-0.3, -0.25) is 0 Å². The lowest BCUT2D eigenvalue weighted by molar-refractivity contribution is -0.0170. The molecule has 76 valence electrons. The highest BCUT2D eigenvalue weighted by Crippen LogP contribution is 2.30. The highest BCUT2D eigenvalue weighted by Gasteiger charge is 2.35. The van der Waals surface area contributed by atoms with Crippen LogP contribution in [0.5, 0.6) is 0 Å². The van der Waals surface area contributed by atoms with Gasteiger partial charge in [0.15, 0.2) is 0 Å². The first-order chi connectivity index (χ1) is 6.17. The van der Waals surface area contributed by atoms with Crippen LogP contribution in [0.25, 0.3) is 0 Å². The molecule has 2 heterocycles. The van der Waals surface area contributed by atoms with Crippen molar-refractivity contribution in [2.45, 2.75) is 51.2 Å². The van der Waals surface area contributed by atoms with Crippen LogP contribution in [0, 0.1) is 5.92 Å². The summed E-state index contributed by atoms with van der Waals surface area (Å²) in [5.74, 6) is 0.760. The Balaban J connectivity index is 1.87. The lowest BCUT2D eigenvalue weighted by Gasteiger charge is -2.28. The average Bonchev–Trinajstić information content (AvgIpc) is 2.48. The van der Waals surface area contributed by atoms with Gasteiger partial charge in [-0.1, -0.05) is 0 Å². The van der Waals surface area contributed by atoms with Crippen molar-refractivity contribution in [2.24, 2.45) is 5.92 Å². The van der Waals surface area contributed by atoms with Crippen LogP contribution in [-0.4, -0.2) is 24.8 Å². The monoisotopic (exact) mass is 183 g/mol. The smallest absolute Gasteiger partial charge is 0.0616 e. The van der Waals surface area contributed by atoms with Crippen molar-refractivity contribution < 1.29 is 4.74 Å². The third-order valence-electron chi connectivity index (χ3n) is 3.36. The second-order valence-corrected chi connectivity index (χ2v) is 5.13. The van der Waals surface area contributed by atoms with E-state index in [1.54, 1.807) is 0 Å². The quantitative estimate of drug-likeness (QED) is 0.671. The molecule has 2 atom stereocenters. The summed E-state index contributed by atoms with van der Waals surface area (Å²) in [7, 11) is 0. The van der Waals surface area contributed by atoms with E-state index in [1.807, 2.05) is 0 Å². The van der Waals surface area contributed by atoms with Crippen molar-refractivity contribution in [1.29, 1.82) is 0 Å². The van der Waals surface area contributed by atoms with Crippen molar-refractivity contribution in [2.75, 3.05) is 13.2 Å². The Morgan fingerprint density at radius 3 is 2.69 bits per heavy atom. The third-order valence-corrected chi connectivity index (χ3v) is 3.36. The summed E-state index contributed by atoms with van der Waals surface area (Å²) in [5, 5.41) is 3.56. The first kappa shape index (κ1) is 9.47. The maximum atomic E-state index is 5.82. The van der Waals surface area contributed by atoms with E-state index in [2.05, 4.69) is 19.2 Å².